The minimum atomic E-state index is -0.707. The van der Waals surface area contributed by atoms with E-state index >= 15 is 0 Å². The molecule has 1 aromatic carbocycles. The molecular weight excluding hydrogens is 494 g/mol. The zero-order chi connectivity index (χ0) is 27.7. The molecule has 3 aliphatic heterocycles. The number of hydrogen-bond acceptors (Lipinski definition) is 5. The molecule has 6 rings (SSSR count). The Hall–Kier alpha value is -4.36. The van der Waals surface area contributed by atoms with Gasteiger partial charge < -0.3 is 26.3 Å². The monoisotopic (exact) mass is 531 g/mol. The molecule has 0 amide bonds. The highest BCUT2D eigenvalue weighted by Crippen LogP contribution is 2.49. The zero-order valence-corrected chi connectivity index (χ0v) is 23.2. The number of benzene rings is 1. The standard InChI is InChI=1S/C33H37N7/c1-3-40(4-2)16-8-11-28-32-29(34)19-27(38-32)18-25-13-12-23(36-25)17-24-14-15-26(37-24)20-31-30(35)21-33(28,39-31)22-9-6-5-7-10-22/h5-7,9-10,12-15,17-21,28,37-38H,3-4,8,11,16,34-35H2,1-2H3. The van der Waals surface area contributed by atoms with E-state index in [1.165, 1.54) is 0 Å². The van der Waals surface area contributed by atoms with Gasteiger partial charge in [0, 0.05) is 28.0 Å². The van der Waals surface area contributed by atoms with Crippen molar-refractivity contribution in [2.24, 2.45) is 15.7 Å². The van der Waals surface area contributed by atoms with E-state index in [-0.39, 0.29) is 5.92 Å². The molecule has 3 aliphatic rings. The summed E-state index contributed by atoms with van der Waals surface area (Å²) in [5.41, 5.74) is 19.8. The van der Waals surface area contributed by atoms with Gasteiger partial charge >= 0.3 is 0 Å². The van der Waals surface area contributed by atoms with Crippen LogP contribution in [0, 0.1) is 0 Å². The van der Waals surface area contributed by atoms with E-state index in [0.29, 0.717) is 5.70 Å². The molecule has 0 fully saturated rings. The van der Waals surface area contributed by atoms with Gasteiger partial charge in [0.15, 0.2) is 0 Å². The molecule has 3 aromatic rings. The van der Waals surface area contributed by atoms with Crippen molar-refractivity contribution in [1.29, 1.82) is 0 Å². The number of nitrogen functional groups attached to an aromatic ring is 1. The van der Waals surface area contributed by atoms with Crippen LogP contribution in [0.1, 0.15) is 49.6 Å². The van der Waals surface area contributed by atoms with E-state index in [1.54, 1.807) is 0 Å². The Morgan fingerprint density at radius 3 is 2.48 bits per heavy atom. The van der Waals surface area contributed by atoms with Gasteiger partial charge in [0.25, 0.3) is 0 Å². The summed E-state index contributed by atoms with van der Waals surface area (Å²) in [6.45, 7) is 7.50. The number of fused-ring (bicyclic) bond motifs is 6. The highest BCUT2D eigenvalue weighted by atomic mass is 15.1. The predicted molar refractivity (Wildman–Crippen MR) is 166 cm³/mol. The van der Waals surface area contributed by atoms with Crippen LogP contribution in [0.2, 0.25) is 0 Å². The molecule has 8 bridgehead atoms. The number of aromatic nitrogens is 2. The fraction of sp³-hybridized carbons (Fsp3) is 0.273. The van der Waals surface area contributed by atoms with Gasteiger partial charge in [-0.2, -0.15) is 0 Å². The van der Waals surface area contributed by atoms with Crippen molar-refractivity contribution in [2.75, 3.05) is 25.4 Å². The molecule has 204 valence electrons. The number of nitrogens with one attached hydrogen (secondary N) is 2. The van der Waals surface area contributed by atoms with Crippen LogP contribution in [0.15, 0.2) is 88.1 Å². The summed E-state index contributed by atoms with van der Waals surface area (Å²) in [6.07, 6.45) is 14.2. The smallest absolute Gasteiger partial charge is 0.115 e. The highest BCUT2D eigenvalue weighted by molar-refractivity contribution is 6.22. The van der Waals surface area contributed by atoms with Gasteiger partial charge in [0.05, 0.1) is 28.5 Å². The van der Waals surface area contributed by atoms with Crippen LogP contribution in [0.25, 0.3) is 18.2 Å². The number of H-pyrrole nitrogens is 2. The summed E-state index contributed by atoms with van der Waals surface area (Å²) in [5, 5.41) is 1.91. The van der Waals surface area contributed by atoms with Gasteiger partial charge in [-0.3, -0.25) is 4.99 Å². The summed E-state index contributed by atoms with van der Waals surface area (Å²) in [5.74, 6) is -0.0549. The maximum atomic E-state index is 6.78. The molecule has 2 atom stereocenters. The van der Waals surface area contributed by atoms with Crippen molar-refractivity contribution in [1.82, 2.24) is 14.9 Å². The molecule has 0 spiro atoms. The average molecular weight is 532 g/mol. The van der Waals surface area contributed by atoms with Crippen molar-refractivity contribution in [2.45, 2.75) is 38.1 Å². The number of nitrogens with two attached hydrogens (primary N) is 2. The largest absolute Gasteiger partial charge is 0.397 e. The van der Waals surface area contributed by atoms with Crippen LogP contribution in [-0.2, 0) is 5.54 Å². The van der Waals surface area contributed by atoms with Gasteiger partial charge in [0.1, 0.15) is 5.54 Å². The van der Waals surface area contributed by atoms with Crippen LogP contribution >= 0.6 is 0 Å². The minimum absolute atomic E-state index is 0.0549. The summed E-state index contributed by atoms with van der Waals surface area (Å²) < 4.78 is 0. The first-order valence-corrected chi connectivity index (χ1v) is 14.2. The number of nitrogens with zero attached hydrogens (tertiary/aromatic N) is 3. The lowest BCUT2D eigenvalue weighted by molar-refractivity contribution is 0.284. The van der Waals surface area contributed by atoms with Crippen molar-refractivity contribution in [3.63, 3.8) is 0 Å². The third kappa shape index (κ3) is 4.89. The Morgan fingerprint density at radius 1 is 0.925 bits per heavy atom. The van der Waals surface area contributed by atoms with Gasteiger partial charge in [0.2, 0.25) is 0 Å². The first-order valence-electron chi connectivity index (χ1n) is 14.2. The number of aliphatic imine (C=N–C) groups is 2. The Bertz CT molecular complexity index is 1680. The van der Waals surface area contributed by atoms with E-state index in [1.807, 2.05) is 42.5 Å². The molecular formula is C33H37N7. The molecule has 40 heavy (non-hydrogen) atoms. The number of anilines is 1. The lowest BCUT2D eigenvalue weighted by Crippen LogP contribution is -2.31. The third-order valence-corrected chi connectivity index (χ3v) is 8.17. The van der Waals surface area contributed by atoms with Crippen molar-refractivity contribution >= 4 is 35.3 Å². The molecule has 2 unspecified atom stereocenters. The molecule has 6 N–H and O–H groups in total. The summed E-state index contributed by atoms with van der Waals surface area (Å²) in [7, 11) is 0. The van der Waals surface area contributed by atoms with Crippen LogP contribution < -0.4 is 22.2 Å². The van der Waals surface area contributed by atoms with Gasteiger partial charge in [-0.15, -0.1) is 0 Å². The highest BCUT2D eigenvalue weighted by Gasteiger charge is 2.44. The van der Waals surface area contributed by atoms with E-state index in [0.717, 1.165) is 82.9 Å². The molecule has 5 heterocycles. The van der Waals surface area contributed by atoms with Crippen LogP contribution in [0.5, 0.6) is 0 Å². The van der Waals surface area contributed by atoms with Crippen molar-refractivity contribution < 1.29 is 0 Å². The van der Waals surface area contributed by atoms with Crippen molar-refractivity contribution in [3.05, 3.63) is 106 Å². The lowest BCUT2D eigenvalue weighted by atomic mass is 9.74. The first-order chi connectivity index (χ1) is 19.5. The van der Waals surface area contributed by atoms with Gasteiger partial charge in [-0.05, 0) is 92.7 Å². The van der Waals surface area contributed by atoms with Crippen LogP contribution in [0.3, 0.4) is 0 Å². The number of allylic oxidation sites excluding steroid dienone is 3. The predicted octanol–water partition coefficient (Wildman–Crippen LogP) is 3.95. The van der Waals surface area contributed by atoms with Crippen LogP contribution in [-0.4, -0.2) is 45.9 Å². The molecule has 2 aromatic heterocycles. The molecule has 0 aliphatic carbocycles. The van der Waals surface area contributed by atoms with Crippen LogP contribution in [0.4, 0.5) is 5.69 Å². The molecule has 0 radical (unpaired) electrons. The second kappa shape index (κ2) is 10.7. The Kier molecular flexibility index (Phi) is 6.90. The van der Waals surface area contributed by atoms with E-state index in [4.69, 9.17) is 21.5 Å². The zero-order valence-electron chi connectivity index (χ0n) is 23.2. The SMILES string of the molecule is CCN(CC)CCCC1c2[nH]c(cc2N)C=C2C=CC(=N2)C=c2ccc([nH]2)=CC2=NC1(c1ccccc1)C=C2N. The third-order valence-electron chi connectivity index (χ3n) is 8.17. The lowest BCUT2D eigenvalue weighted by Gasteiger charge is -2.35. The normalized spacial score (nSPS) is 21.4. The van der Waals surface area contributed by atoms with Gasteiger partial charge in [-0.25, -0.2) is 4.99 Å². The Morgan fingerprint density at radius 2 is 1.70 bits per heavy atom. The van der Waals surface area contributed by atoms with E-state index in [2.05, 4.69) is 71.2 Å². The Balaban J connectivity index is 1.57. The first kappa shape index (κ1) is 25.9. The summed E-state index contributed by atoms with van der Waals surface area (Å²) in [6, 6.07) is 16.6. The maximum Gasteiger partial charge on any atom is 0.115 e. The number of hydrogen-bond donors (Lipinski definition) is 4. The summed E-state index contributed by atoms with van der Waals surface area (Å²) in [4.78, 5) is 19.8. The molecule has 0 saturated heterocycles. The number of rotatable bonds is 7. The fourth-order valence-corrected chi connectivity index (χ4v) is 6.09. The van der Waals surface area contributed by atoms with E-state index in [9.17, 15) is 0 Å². The minimum Gasteiger partial charge on any atom is -0.397 e. The second-order valence-corrected chi connectivity index (χ2v) is 10.7. The maximum absolute atomic E-state index is 6.78. The quantitative estimate of drug-likeness (QED) is 0.370. The average Bonchev–Trinajstić information content (AvgIpc) is 3.74. The fourth-order valence-electron chi connectivity index (χ4n) is 6.09. The van der Waals surface area contributed by atoms with Crippen molar-refractivity contribution in [3.8, 4) is 0 Å². The van der Waals surface area contributed by atoms with Gasteiger partial charge in [-0.1, -0.05) is 44.2 Å². The second-order valence-electron chi connectivity index (χ2n) is 10.7. The summed E-state index contributed by atoms with van der Waals surface area (Å²) >= 11 is 0. The molecule has 0 saturated carbocycles. The number of aromatic amines is 2. The topological polar surface area (TPSA) is 112 Å². The molecule has 7 heteroatoms. The Labute approximate surface area is 235 Å². The molecule has 7 nitrogen and oxygen atoms in total. The van der Waals surface area contributed by atoms with E-state index < -0.39 is 5.54 Å².